The first-order chi connectivity index (χ1) is 11.7. The fraction of sp³-hybridized carbons (Fsp3) is 0.600. The quantitative estimate of drug-likeness (QED) is 0.838. The molecule has 0 spiro atoms. The van der Waals surface area contributed by atoms with Crippen LogP contribution in [0.1, 0.15) is 49.7 Å². The zero-order chi connectivity index (χ0) is 16.5. The Hall–Kier alpha value is -1.84. The zero-order valence-electron chi connectivity index (χ0n) is 14.2. The van der Waals surface area contributed by atoms with Crippen molar-refractivity contribution >= 4 is 11.8 Å². The molecule has 0 unspecified atom stereocenters. The van der Waals surface area contributed by atoms with Crippen LogP contribution in [0.3, 0.4) is 0 Å². The van der Waals surface area contributed by atoms with Gasteiger partial charge in [-0.1, -0.05) is 43.5 Å². The molecule has 0 aromatic heterocycles. The summed E-state index contributed by atoms with van der Waals surface area (Å²) in [6.07, 6.45) is 7.29. The molecule has 4 nitrogen and oxygen atoms in total. The summed E-state index contributed by atoms with van der Waals surface area (Å²) in [7, 11) is 0. The van der Waals surface area contributed by atoms with Gasteiger partial charge in [-0.05, 0) is 30.4 Å². The number of amides is 2. The Morgan fingerprint density at radius 1 is 1.04 bits per heavy atom. The Morgan fingerprint density at radius 2 is 1.79 bits per heavy atom. The van der Waals surface area contributed by atoms with Crippen LogP contribution in [0.15, 0.2) is 24.3 Å². The van der Waals surface area contributed by atoms with Crippen molar-refractivity contribution in [3.63, 3.8) is 0 Å². The third-order valence-corrected chi connectivity index (χ3v) is 5.97. The number of fused-ring (bicyclic) bond motifs is 1. The largest absolute Gasteiger partial charge is 0.339 e. The van der Waals surface area contributed by atoms with Crippen LogP contribution in [-0.4, -0.2) is 40.7 Å². The maximum Gasteiger partial charge on any atom is 0.228 e. The van der Waals surface area contributed by atoms with Crippen LogP contribution in [0.25, 0.3) is 0 Å². The van der Waals surface area contributed by atoms with Gasteiger partial charge in [0.25, 0.3) is 0 Å². The fourth-order valence-corrected chi connectivity index (χ4v) is 4.58. The van der Waals surface area contributed by atoms with Crippen LogP contribution < -0.4 is 0 Å². The van der Waals surface area contributed by atoms with Gasteiger partial charge >= 0.3 is 0 Å². The van der Waals surface area contributed by atoms with Gasteiger partial charge in [-0.2, -0.15) is 0 Å². The smallest absolute Gasteiger partial charge is 0.228 e. The van der Waals surface area contributed by atoms with Gasteiger partial charge in [0, 0.05) is 32.1 Å². The maximum atomic E-state index is 12.9. The van der Waals surface area contributed by atoms with E-state index in [4.69, 9.17) is 0 Å². The molecular formula is C20H26N2O2. The third kappa shape index (κ3) is 2.94. The minimum Gasteiger partial charge on any atom is -0.339 e. The van der Waals surface area contributed by atoms with Gasteiger partial charge in [-0.25, -0.2) is 0 Å². The van der Waals surface area contributed by atoms with Gasteiger partial charge in [-0.15, -0.1) is 0 Å². The Balaban J connectivity index is 1.41. The second-order valence-corrected chi connectivity index (χ2v) is 7.52. The lowest BCUT2D eigenvalue weighted by molar-refractivity contribution is -0.136. The first-order valence-electron chi connectivity index (χ1n) is 9.37. The average molecular weight is 326 g/mol. The van der Waals surface area contributed by atoms with Gasteiger partial charge in [0.1, 0.15) is 0 Å². The number of likely N-dealkylation sites (tertiary alicyclic amines) is 1. The summed E-state index contributed by atoms with van der Waals surface area (Å²) in [6.45, 7) is 2.12. The van der Waals surface area contributed by atoms with Crippen LogP contribution in [0.4, 0.5) is 0 Å². The van der Waals surface area contributed by atoms with E-state index in [1.165, 1.54) is 30.4 Å². The standard InChI is InChI=1S/C20H26N2O2/c23-19-12-17(14-22(19)18-8-2-1-3-9-18)20(24)21-11-10-15-6-4-5-7-16(15)13-21/h4-7,17-18H,1-3,8-14H2/t17-/m0/s1. The Morgan fingerprint density at radius 3 is 2.58 bits per heavy atom. The Bertz CT molecular complexity index is 636. The molecule has 1 aliphatic carbocycles. The van der Waals surface area contributed by atoms with E-state index < -0.39 is 0 Å². The van der Waals surface area contributed by atoms with Crippen molar-refractivity contribution in [1.29, 1.82) is 0 Å². The lowest BCUT2D eigenvalue weighted by Gasteiger charge is -2.33. The molecule has 0 bridgehead atoms. The number of hydrogen-bond donors (Lipinski definition) is 0. The molecule has 1 atom stereocenters. The summed E-state index contributed by atoms with van der Waals surface area (Å²) in [5.74, 6) is 0.235. The third-order valence-electron chi connectivity index (χ3n) is 5.97. The van der Waals surface area contributed by atoms with E-state index in [1.807, 2.05) is 15.9 Å². The summed E-state index contributed by atoms with van der Waals surface area (Å²) in [5.41, 5.74) is 2.61. The molecule has 1 saturated heterocycles. The molecule has 2 fully saturated rings. The Labute approximate surface area is 143 Å². The highest BCUT2D eigenvalue weighted by Crippen LogP contribution is 2.30. The predicted molar refractivity (Wildman–Crippen MR) is 92.3 cm³/mol. The second-order valence-electron chi connectivity index (χ2n) is 7.52. The number of nitrogens with zero attached hydrogens (tertiary/aromatic N) is 2. The second kappa shape index (κ2) is 6.58. The van der Waals surface area contributed by atoms with Crippen molar-refractivity contribution in [3.8, 4) is 0 Å². The van der Waals surface area contributed by atoms with Crippen molar-refractivity contribution in [1.82, 2.24) is 9.80 Å². The molecule has 0 radical (unpaired) electrons. The maximum absolute atomic E-state index is 12.9. The molecule has 0 N–H and O–H groups in total. The monoisotopic (exact) mass is 326 g/mol. The normalized spacial score (nSPS) is 25.0. The molecule has 24 heavy (non-hydrogen) atoms. The summed E-state index contributed by atoms with van der Waals surface area (Å²) in [4.78, 5) is 29.3. The number of carbonyl (C=O) groups excluding carboxylic acids is 2. The Kier molecular flexibility index (Phi) is 4.30. The summed E-state index contributed by atoms with van der Waals surface area (Å²) >= 11 is 0. The molecule has 1 aromatic rings. The van der Waals surface area contributed by atoms with Crippen LogP contribution in [0.5, 0.6) is 0 Å². The van der Waals surface area contributed by atoms with E-state index in [1.54, 1.807) is 0 Å². The molecule has 4 heteroatoms. The molecule has 2 heterocycles. The van der Waals surface area contributed by atoms with Gasteiger partial charge in [0.15, 0.2) is 0 Å². The van der Waals surface area contributed by atoms with Gasteiger partial charge in [0.05, 0.1) is 5.92 Å². The van der Waals surface area contributed by atoms with E-state index in [0.29, 0.717) is 25.6 Å². The summed E-state index contributed by atoms with van der Waals surface area (Å²) in [6, 6.07) is 8.75. The van der Waals surface area contributed by atoms with Crippen LogP contribution in [-0.2, 0) is 22.6 Å². The minimum absolute atomic E-state index is 0.135. The molecule has 2 amide bonds. The van der Waals surface area contributed by atoms with E-state index in [2.05, 4.69) is 18.2 Å². The highest BCUT2D eigenvalue weighted by atomic mass is 16.2. The van der Waals surface area contributed by atoms with Crippen molar-refractivity contribution in [2.24, 2.45) is 5.92 Å². The van der Waals surface area contributed by atoms with Crippen LogP contribution in [0.2, 0.25) is 0 Å². The van der Waals surface area contributed by atoms with Gasteiger partial charge < -0.3 is 9.80 Å². The molecule has 2 aliphatic heterocycles. The number of rotatable bonds is 2. The minimum atomic E-state index is -0.135. The first-order valence-corrected chi connectivity index (χ1v) is 9.37. The molecule has 128 valence electrons. The lowest BCUT2D eigenvalue weighted by Crippen LogP contribution is -2.42. The highest BCUT2D eigenvalue weighted by Gasteiger charge is 2.40. The molecule has 3 aliphatic rings. The van der Waals surface area contributed by atoms with E-state index in [9.17, 15) is 9.59 Å². The fourth-order valence-electron chi connectivity index (χ4n) is 4.58. The van der Waals surface area contributed by atoms with Gasteiger partial charge in [-0.3, -0.25) is 9.59 Å². The predicted octanol–water partition coefficient (Wildman–Crippen LogP) is 2.75. The van der Waals surface area contributed by atoms with E-state index in [0.717, 1.165) is 25.8 Å². The summed E-state index contributed by atoms with van der Waals surface area (Å²) < 4.78 is 0. The number of carbonyl (C=O) groups is 2. The SMILES string of the molecule is O=C([C@H]1CC(=O)N(C2CCCCC2)C1)N1CCc2ccccc2C1. The van der Waals surface area contributed by atoms with Crippen LogP contribution >= 0.6 is 0 Å². The highest BCUT2D eigenvalue weighted by molar-refractivity contribution is 5.89. The molecule has 4 rings (SSSR count). The zero-order valence-corrected chi connectivity index (χ0v) is 14.2. The summed E-state index contributed by atoms with van der Waals surface area (Å²) in [5, 5.41) is 0. The van der Waals surface area contributed by atoms with Gasteiger partial charge in [0.2, 0.25) is 11.8 Å². The van der Waals surface area contributed by atoms with Crippen molar-refractivity contribution < 1.29 is 9.59 Å². The van der Waals surface area contributed by atoms with Crippen LogP contribution in [0, 0.1) is 5.92 Å². The number of benzene rings is 1. The molecular weight excluding hydrogens is 300 g/mol. The van der Waals surface area contributed by atoms with Crippen molar-refractivity contribution in [2.75, 3.05) is 13.1 Å². The molecule has 1 saturated carbocycles. The lowest BCUT2D eigenvalue weighted by atomic mass is 9.94. The van der Waals surface area contributed by atoms with E-state index in [-0.39, 0.29) is 17.7 Å². The molecule has 1 aromatic carbocycles. The van der Waals surface area contributed by atoms with Crippen molar-refractivity contribution in [3.05, 3.63) is 35.4 Å². The first kappa shape index (κ1) is 15.7. The average Bonchev–Trinajstić information content (AvgIpc) is 3.03. The van der Waals surface area contributed by atoms with Crippen molar-refractivity contribution in [2.45, 2.75) is 57.5 Å². The topological polar surface area (TPSA) is 40.6 Å². The van der Waals surface area contributed by atoms with E-state index >= 15 is 0 Å². The number of hydrogen-bond acceptors (Lipinski definition) is 2.